The largest absolute Gasteiger partial charge is 0.464 e. The number of carbonyl (C=O) groups excluding carboxylic acids is 4. The van der Waals surface area contributed by atoms with Crippen LogP contribution in [0.5, 0.6) is 0 Å². The summed E-state index contributed by atoms with van der Waals surface area (Å²) in [5, 5.41) is 0. The molecule has 1 saturated heterocycles. The molecule has 0 N–H and O–H groups in total. The molecular weight excluding hydrogens is 312 g/mol. The molecule has 7 nitrogen and oxygen atoms in total. The van der Waals surface area contributed by atoms with Gasteiger partial charge in [-0.05, 0) is 20.3 Å². The van der Waals surface area contributed by atoms with E-state index >= 15 is 0 Å². The fourth-order valence-corrected chi connectivity index (χ4v) is 2.63. The SMILES string of the molecule is CCCCCCCCOC(=O)C(C)N1C(=O)CC(=O)N(CC)C1=O. The van der Waals surface area contributed by atoms with Crippen molar-refractivity contribution in [1.82, 2.24) is 9.80 Å². The standard InChI is InChI=1S/C17H28N2O5/c1-4-6-7-8-9-10-11-24-16(22)13(3)19-15(21)12-14(20)18(5-2)17(19)23/h13H,4-12H2,1-3H3. The van der Waals surface area contributed by atoms with Crippen LogP contribution in [0.3, 0.4) is 0 Å². The van der Waals surface area contributed by atoms with Crippen molar-refractivity contribution in [2.24, 2.45) is 0 Å². The number of esters is 1. The van der Waals surface area contributed by atoms with E-state index in [1.165, 1.54) is 26.2 Å². The van der Waals surface area contributed by atoms with E-state index in [-0.39, 0.29) is 13.2 Å². The molecule has 7 heteroatoms. The van der Waals surface area contributed by atoms with E-state index in [2.05, 4.69) is 6.92 Å². The number of barbiturate groups is 1. The fourth-order valence-electron chi connectivity index (χ4n) is 2.63. The van der Waals surface area contributed by atoms with E-state index in [4.69, 9.17) is 4.74 Å². The Labute approximate surface area is 143 Å². The number of amides is 4. The van der Waals surface area contributed by atoms with Crippen LogP contribution in [0.15, 0.2) is 0 Å². The van der Waals surface area contributed by atoms with Crippen LogP contribution in [0.1, 0.15) is 65.7 Å². The first-order valence-corrected chi connectivity index (χ1v) is 8.77. The summed E-state index contributed by atoms with van der Waals surface area (Å²) in [7, 11) is 0. The van der Waals surface area contributed by atoms with Crippen LogP contribution in [-0.2, 0) is 19.1 Å². The lowest BCUT2D eigenvalue weighted by molar-refractivity contribution is -0.156. The van der Waals surface area contributed by atoms with Crippen molar-refractivity contribution in [3.8, 4) is 0 Å². The minimum Gasteiger partial charge on any atom is -0.464 e. The zero-order valence-corrected chi connectivity index (χ0v) is 14.9. The fraction of sp³-hybridized carbons (Fsp3) is 0.765. The van der Waals surface area contributed by atoms with E-state index in [9.17, 15) is 19.2 Å². The van der Waals surface area contributed by atoms with Gasteiger partial charge in [0.15, 0.2) is 0 Å². The van der Waals surface area contributed by atoms with Gasteiger partial charge in [-0.25, -0.2) is 14.5 Å². The molecule has 136 valence electrons. The lowest BCUT2D eigenvalue weighted by Crippen LogP contribution is -2.59. The maximum absolute atomic E-state index is 12.2. The van der Waals surface area contributed by atoms with Crippen molar-refractivity contribution >= 4 is 23.8 Å². The number of imide groups is 2. The van der Waals surface area contributed by atoms with E-state index < -0.39 is 36.3 Å². The molecule has 1 rings (SSSR count). The highest BCUT2D eigenvalue weighted by Gasteiger charge is 2.42. The average molecular weight is 340 g/mol. The summed E-state index contributed by atoms with van der Waals surface area (Å²) < 4.78 is 5.17. The van der Waals surface area contributed by atoms with E-state index in [0.717, 1.165) is 29.1 Å². The number of hydrogen-bond acceptors (Lipinski definition) is 5. The molecule has 0 aromatic heterocycles. The van der Waals surface area contributed by atoms with Crippen molar-refractivity contribution in [3.63, 3.8) is 0 Å². The van der Waals surface area contributed by atoms with Gasteiger partial charge in [0, 0.05) is 6.54 Å². The molecule has 0 saturated carbocycles. The summed E-state index contributed by atoms with van der Waals surface area (Å²) in [6.07, 6.45) is 6.04. The van der Waals surface area contributed by atoms with Crippen molar-refractivity contribution < 1.29 is 23.9 Å². The van der Waals surface area contributed by atoms with Crippen LogP contribution in [0.4, 0.5) is 4.79 Å². The highest BCUT2D eigenvalue weighted by molar-refractivity contribution is 6.15. The van der Waals surface area contributed by atoms with E-state index in [0.29, 0.717) is 0 Å². The number of urea groups is 1. The van der Waals surface area contributed by atoms with Crippen LogP contribution in [0.2, 0.25) is 0 Å². The zero-order valence-electron chi connectivity index (χ0n) is 14.9. The van der Waals surface area contributed by atoms with Crippen LogP contribution < -0.4 is 0 Å². The topological polar surface area (TPSA) is 84.0 Å². The number of rotatable bonds is 10. The smallest absolute Gasteiger partial charge is 0.334 e. The number of carbonyl (C=O) groups is 4. The molecular formula is C17H28N2O5. The van der Waals surface area contributed by atoms with E-state index in [1.807, 2.05) is 0 Å². The third-order valence-electron chi connectivity index (χ3n) is 4.10. The first kappa shape index (κ1) is 20.1. The van der Waals surface area contributed by atoms with Crippen LogP contribution >= 0.6 is 0 Å². The molecule has 1 aliphatic heterocycles. The Morgan fingerprint density at radius 2 is 1.67 bits per heavy atom. The van der Waals surface area contributed by atoms with Crippen molar-refractivity contribution in [1.29, 1.82) is 0 Å². The van der Waals surface area contributed by atoms with Crippen LogP contribution in [0.25, 0.3) is 0 Å². The van der Waals surface area contributed by atoms with Gasteiger partial charge >= 0.3 is 12.0 Å². The predicted molar refractivity (Wildman–Crippen MR) is 88.0 cm³/mol. The Bertz CT molecular complexity index is 478. The van der Waals surface area contributed by atoms with Gasteiger partial charge in [-0.1, -0.05) is 39.0 Å². The Morgan fingerprint density at radius 1 is 1.04 bits per heavy atom. The monoisotopic (exact) mass is 340 g/mol. The summed E-state index contributed by atoms with van der Waals surface area (Å²) >= 11 is 0. The highest BCUT2D eigenvalue weighted by Crippen LogP contribution is 2.16. The normalized spacial score (nSPS) is 16.5. The summed E-state index contributed by atoms with van der Waals surface area (Å²) in [6, 6.07) is -1.77. The second-order valence-corrected chi connectivity index (χ2v) is 5.97. The van der Waals surface area contributed by atoms with Gasteiger partial charge in [0.2, 0.25) is 11.8 Å². The zero-order chi connectivity index (χ0) is 18.1. The summed E-state index contributed by atoms with van der Waals surface area (Å²) in [5.74, 6) is -1.80. The average Bonchev–Trinajstić information content (AvgIpc) is 2.53. The van der Waals surface area contributed by atoms with Gasteiger partial charge < -0.3 is 4.74 Å². The number of hydrogen-bond donors (Lipinski definition) is 0. The molecule has 1 heterocycles. The predicted octanol–water partition coefficient (Wildman–Crippen LogP) is 2.48. The molecule has 1 fully saturated rings. The highest BCUT2D eigenvalue weighted by atomic mass is 16.5. The molecule has 4 amide bonds. The molecule has 1 atom stereocenters. The Morgan fingerprint density at radius 3 is 2.29 bits per heavy atom. The third-order valence-corrected chi connectivity index (χ3v) is 4.10. The second-order valence-electron chi connectivity index (χ2n) is 5.97. The molecule has 0 radical (unpaired) electrons. The molecule has 1 unspecified atom stereocenters. The maximum Gasteiger partial charge on any atom is 0.334 e. The molecule has 1 aliphatic rings. The van der Waals surface area contributed by atoms with Crippen molar-refractivity contribution in [2.45, 2.75) is 71.8 Å². The lowest BCUT2D eigenvalue weighted by Gasteiger charge is -2.34. The first-order valence-electron chi connectivity index (χ1n) is 8.77. The molecule has 0 spiro atoms. The first-order chi connectivity index (χ1) is 11.4. The second kappa shape index (κ2) is 10.1. The third kappa shape index (κ3) is 5.32. The number of unbranched alkanes of at least 4 members (excludes halogenated alkanes) is 5. The summed E-state index contributed by atoms with van der Waals surface area (Å²) in [6.45, 7) is 5.69. The minimum atomic E-state index is -1.02. The lowest BCUT2D eigenvalue weighted by atomic mass is 10.1. The molecule has 0 bridgehead atoms. The van der Waals surface area contributed by atoms with Gasteiger partial charge in [-0.15, -0.1) is 0 Å². The Kier molecular flexibility index (Phi) is 8.43. The van der Waals surface area contributed by atoms with Gasteiger partial charge in [0.1, 0.15) is 12.5 Å². The maximum atomic E-state index is 12.2. The van der Waals surface area contributed by atoms with Crippen LogP contribution in [0, 0.1) is 0 Å². The quantitative estimate of drug-likeness (QED) is 0.346. The minimum absolute atomic E-state index is 0.168. The van der Waals surface area contributed by atoms with Crippen LogP contribution in [-0.4, -0.2) is 52.8 Å². The summed E-state index contributed by atoms with van der Waals surface area (Å²) in [5.41, 5.74) is 0. The van der Waals surface area contributed by atoms with Crippen molar-refractivity contribution in [2.75, 3.05) is 13.2 Å². The van der Waals surface area contributed by atoms with Gasteiger partial charge in [0.25, 0.3) is 0 Å². The van der Waals surface area contributed by atoms with Gasteiger partial charge in [-0.2, -0.15) is 0 Å². The van der Waals surface area contributed by atoms with Gasteiger partial charge in [0.05, 0.1) is 6.61 Å². The Balaban J connectivity index is 2.45. The number of nitrogens with zero attached hydrogens (tertiary/aromatic N) is 2. The Hall–Kier alpha value is -1.92. The molecule has 0 aromatic rings. The van der Waals surface area contributed by atoms with Crippen molar-refractivity contribution in [3.05, 3.63) is 0 Å². The molecule has 24 heavy (non-hydrogen) atoms. The molecule has 0 aromatic carbocycles. The number of ether oxygens (including phenoxy) is 1. The van der Waals surface area contributed by atoms with Gasteiger partial charge in [-0.3, -0.25) is 14.5 Å². The summed E-state index contributed by atoms with van der Waals surface area (Å²) in [4.78, 5) is 49.7. The van der Waals surface area contributed by atoms with E-state index in [1.54, 1.807) is 6.92 Å². The molecule has 0 aliphatic carbocycles.